The van der Waals surface area contributed by atoms with Gasteiger partial charge in [-0.3, -0.25) is 4.90 Å². The van der Waals surface area contributed by atoms with Crippen LogP contribution in [0.15, 0.2) is 23.9 Å². The van der Waals surface area contributed by atoms with E-state index in [2.05, 4.69) is 39.9 Å². The number of hydrogen-bond donors (Lipinski definition) is 0. The standard InChI is InChI=1S/C26H39NO5Si/c1-8-30-24(28)27-15-14-26-19(16-27)10-9-11-21(26)32-23-20(29-5)13-12-18(22(23)26)17-31-33(6,7)25(2,3)4/h12-13,16,21H,8-11,14-15,17H2,1-7H3/t21-,26+/m0/s1. The van der Waals surface area contributed by atoms with E-state index < -0.39 is 8.32 Å². The molecule has 3 aliphatic rings. The molecule has 1 fully saturated rings. The number of benzene rings is 1. The zero-order chi connectivity index (χ0) is 24.0. The molecule has 1 spiro atoms. The lowest BCUT2D eigenvalue weighted by Crippen LogP contribution is -2.49. The smallest absolute Gasteiger partial charge is 0.413 e. The van der Waals surface area contributed by atoms with Crippen LogP contribution < -0.4 is 9.47 Å². The first-order valence-electron chi connectivity index (χ1n) is 12.2. The first kappa shape index (κ1) is 24.1. The minimum absolute atomic E-state index is 0.0553. The number of carbonyl (C=O) groups is 1. The quantitative estimate of drug-likeness (QED) is 0.480. The third-order valence-electron chi connectivity index (χ3n) is 8.12. The van der Waals surface area contributed by atoms with Crippen molar-refractivity contribution in [1.82, 2.24) is 4.90 Å². The molecular weight excluding hydrogens is 434 g/mol. The van der Waals surface area contributed by atoms with E-state index in [1.54, 1.807) is 12.0 Å². The van der Waals surface area contributed by atoms with Crippen LogP contribution >= 0.6 is 0 Å². The van der Waals surface area contributed by atoms with E-state index in [1.807, 2.05) is 19.2 Å². The lowest BCUT2D eigenvalue weighted by Gasteiger charge is -2.45. The van der Waals surface area contributed by atoms with Gasteiger partial charge in [0.05, 0.1) is 25.7 Å². The molecule has 4 rings (SSSR count). The van der Waals surface area contributed by atoms with Gasteiger partial charge in [-0.1, -0.05) is 26.8 Å². The fourth-order valence-electron chi connectivity index (χ4n) is 5.27. The molecule has 1 aromatic rings. The van der Waals surface area contributed by atoms with E-state index >= 15 is 0 Å². The number of carbonyl (C=O) groups excluding carboxylic acids is 1. The number of methoxy groups -OCH3 is 1. The molecule has 1 saturated carbocycles. The third-order valence-corrected chi connectivity index (χ3v) is 12.6. The van der Waals surface area contributed by atoms with Crippen molar-refractivity contribution in [3.63, 3.8) is 0 Å². The Morgan fingerprint density at radius 3 is 2.73 bits per heavy atom. The molecule has 0 aromatic heterocycles. The Kier molecular flexibility index (Phi) is 6.33. The van der Waals surface area contributed by atoms with Crippen molar-refractivity contribution in [2.24, 2.45) is 0 Å². The molecule has 2 aliphatic heterocycles. The fraction of sp³-hybridized carbons (Fsp3) is 0.654. The van der Waals surface area contributed by atoms with Gasteiger partial charge >= 0.3 is 6.09 Å². The monoisotopic (exact) mass is 473 g/mol. The molecule has 182 valence electrons. The van der Waals surface area contributed by atoms with Crippen LogP contribution in [-0.2, 0) is 21.2 Å². The van der Waals surface area contributed by atoms with E-state index in [9.17, 15) is 4.79 Å². The van der Waals surface area contributed by atoms with Crippen LogP contribution in [0.25, 0.3) is 0 Å². The maximum absolute atomic E-state index is 12.5. The summed E-state index contributed by atoms with van der Waals surface area (Å²) < 4.78 is 24.3. The highest BCUT2D eigenvalue weighted by Gasteiger charge is 2.56. The second kappa shape index (κ2) is 8.66. The lowest BCUT2D eigenvalue weighted by molar-refractivity contribution is 0.0904. The summed E-state index contributed by atoms with van der Waals surface area (Å²) in [4.78, 5) is 14.2. The Labute approximate surface area is 199 Å². The summed E-state index contributed by atoms with van der Waals surface area (Å²) in [7, 11) is -0.224. The topological polar surface area (TPSA) is 57.2 Å². The van der Waals surface area contributed by atoms with E-state index in [0.717, 1.165) is 37.2 Å². The van der Waals surface area contributed by atoms with Crippen LogP contribution in [0.3, 0.4) is 0 Å². The summed E-state index contributed by atoms with van der Waals surface area (Å²) in [5, 5.41) is 0.140. The predicted molar refractivity (Wildman–Crippen MR) is 131 cm³/mol. The molecular formula is C26H39NO5Si. The van der Waals surface area contributed by atoms with Crippen molar-refractivity contribution < 1.29 is 23.4 Å². The summed E-state index contributed by atoms with van der Waals surface area (Å²) in [6.07, 6.45) is 5.63. The Balaban J connectivity index is 1.78. The van der Waals surface area contributed by atoms with Gasteiger partial charge in [-0.2, -0.15) is 0 Å². The number of hydrogen-bond acceptors (Lipinski definition) is 5. The van der Waals surface area contributed by atoms with E-state index in [-0.39, 0.29) is 22.7 Å². The highest BCUT2D eigenvalue weighted by atomic mass is 28.4. The van der Waals surface area contributed by atoms with Gasteiger partial charge in [-0.05, 0) is 67.9 Å². The SMILES string of the molecule is CCOC(=O)N1C=C2CCC[C@@H]3Oc4c(OC)ccc(CO[Si](C)(C)C(C)(C)C)c4[C@]23CC1. The van der Waals surface area contributed by atoms with E-state index in [0.29, 0.717) is 19.8 Å². The van der Waals surface area contributed by atoms with Crippen molar-refractivity contribution in [3.05, 3.63) is 35.0 Å². The van der Waals surface area contributed by atoms with Crippen LogP contribution in [0.1, 0.15) is 64.5 Å². The average molecular weight is 474 g/mol. The largest absolute Gasteiger partial charge is 0.493 e. The molecule has 0 bridgehead atoms. The summed E-state index contributed by atoms with van der Waals surface area (Å²) in [5.74, 6) is 1.63. The number of nitrogens with zero attached hydrogens (tertiary/aromatic N) is 1. The molecule has 7 heteroatoms. The zero-order valence-electron chi connectivity index (χ0n) is 21.2. The van der Waals surface area contributed by atoms with Gasteiger partial charge < -0.3 is 18.6 Å². The molecule has 1 amide bonds. The summed E-state index contributed by atoms with van der Waals surface area (Å²) >= 11 is 0. The number of amides is 1. The molecule has 6 nitrogen and oxygen atoms in total. The van der Waals surface area contributed by atoms with E-state index in [4.69, 9.17) is 18.6 Å². The Bertz CT molecular complexity index is 951. The van der Waals surface area contributed by atoms with Crippen LogP contribution in [-0.4, -0.2) is 45.7 Å². The highest BCUT2D eigenvalue weighted by Crippen LogP contribution is 2.59. The van der Waals surface area contributed by atoms with Crippen molar-refractivity contribution in [2.75, 3.05) is 20.3 Å². The highest BCUT2D eigenvalue weighted by molar-refractivity contribution is 6.74. The van der Waals surface area contributed by atoms with Crippen LogP contribution in [0.4, 0.5) is 4.79 Å². The Hall–Kier alpha value is -1.99. The van der Waals surface area contributed by atoms with Gasteiger partial charge in [-0.25, -0.2) is 4.79 Å². The molecule has 2 heterocycles. The van der Waals surface area contributed by atoms with Crippen molar-refractivity contribution in [1.29, 1.82) is 0 Å². The van der Waals surface area contributed by atoms with Crippen LogP contribution in [0.5, 0.6) is 11.5 Å². The first-order valence-corrected chi connectivity index (χ1v) is 15.1. The predicted octanol–water partition coefficient (Wildman–Crippen LogP) is 6.15. The summed E-state index contributed by atoms with van der Waals surface area (Å²) in [6, 6.07) is 4.16. The van der Waals surface area contributed by atoms with E-state index in [1.165, 1.54) is 16.7 Å². The van der Waals surface area contributed by atoms with Gasteiger partial charge in [0, 0.05) is 18.3 Å². The zero-order valence-corrected chi connectivity index (χ0v) is 22.2. The van der Waals surface area contributed by atoms with Crippen molar-refractivity contribution in [2.45, 2.75) is 89.6 Å². The summed E-state index contributed by atoms with van der Waals surface area (Å²) in [5.41, 5.74) is 3.41. The van der Waals surface area contributed by atoms with Gasteiger partial charge in [-0.15, -0.1) is 0 Å². The Morgan fingerprint density at radius 1 is 1.30 bits per heavy atom. The van der Waals surface area contributed by atoms with Gasteiger partial charge in [0.15, 0.2) is 19.8 Å². The van der Waals surface area contributed by atoms with Crippen molar-refractivity contribution >= 4 is 14.4 Å². The van der Waals surface area contributed by atoms with Gasteiger partial charge in [0.2, 0.25) is 0 Å². The number of rotatable bonds is 5. The number of fused-ring (bicyclic) bond motifs is 1. The molecule has 1 aromatic carbocycles. The normalized spacial score (nSPS) is 24.3. The average Bonchev–Trinajstić information content (AvgIpc) is 3.10. The lowest BCUT2D eigenvalue weighted by atomic mass is 9.61. The minimum atomic E-state index is -1.92. The number of ether oxygens (including phenoxy) is 3. The second-order valence-corrected chi connectivity index (χ2v) is 15.8. The van der Waals surface area contributed by atoms with Crippen LogP contribution in [0.2, 0.25) is 18.1 Å². The first-order chi connectivity index (χ1) is 15.5. The van der Waals surface area contributed by atoms with Crippen molar-refractivity contribution in [3.8, 4) is 11.5 Å². The van der Waals surface area contributed by atoms with Crippen LogP contribution in [0, 0.1) is 0 Å². The molecule has 0 radical (unpaired) electrons. The second-order valence-electron chi connectivity index (χ2n) is 10.9. The molecule has 0 N–H and O–H groups in total. The molecule has 2 atom stereocenters. The third kappa shape index (κ3) is 3.97. The molecule has 33 heavy (non-hydrogen) atoms. The maximum atomic E-state index is 12.5. The fourth-order valence-corrected chi connectivity index (χ4v) is 6.22. The minimum Gasteiger partial charge on any atom is -0.493 e. The summed E-state index contributed by atoms with van der Waals surface area (Å²) in [6.45, 7) is 14.8. The molecule has 0 unspecified atom stereocenters. The molecule has 0 saturated heterocycles. The Morgan fingerprint density at radius 2 is 2.06 bits per heavy atom. The molecule has 1 aliphatic carbocycles. The van der Waals surface area contributed by atoms with Gasteiger partial charge in [0.1, 0.15) is 6.10 Å². The maximum Gasteiger partial charge on any atom is 0.413 e. The van der Waals surface area contributed by atoms with Gasteiger partial charge in [0.25, 0.3) is 0 Å².